The maximum Gasteiger partial charge on any atom is 0.180 e. The Kier molecular flexibility index (Phi) is 2.82. The number of nitrogens with one attached hydrogen (secondary N) is 1. The predicted molar refractivity (Wildman–Crippen MR) is 72.5 cm³/mol. The van der Waals surface area contributed by atoms with Crippen LogP contribution in [-0.2, 0) is 9.84 Å². The summed E-state index contributed by atoms with van der Waals surface area (Å²) >= 11 is 0. The number of benzene rings is 1. The third-order valence-corrected chi connectivity index (χ3v) is 4.07. The van der Waals surface area contributed by atoms with Crippen molar-refractivity contribution >= 4 is 15.7 Å². The van der Waals surface area contributed by atoms with Crippen LogP contribution in [0, 0.1) is 0 Å². The van der Waals surface area contributed by atoms with Crippen molar-refractivity contribution < 1.29 is 17.9 Å². The van der Waals surface area contributed by atoms with Gasteiger partial charge in [-0.25, -0.2) is 8.42 Å². The van der Waals surface area contributed by atoms with Gasteiger partial charge in [0.05, 0.1) is 5.69 Å². The third-order valence-electron chi connectivity index (χ3n) is 2.92. The van der Waals surface area contributed by atoms with E-state index in [-0.39, 0.29) is 16.5 Å². The molecular weight excluding hydrogens is 282 g/mol. The third kappa shape index (κ3) is 2.07. The van der Waals surface area contributed by atoms with Gasteiger partial charge >= 0.3 is 0 Å². The first-order chi connectivity index (χ1) is 9.47. The zero-order valence-electron chi connectivity index (χ0n) is 10.7. The van der Waals surface area contributed by atoms with Gasteiger partial charge in [0.1, 0.15) is 23.9 Å². The van der Waals surface area contributed by atoms with Crippen LogP contribution in [0.3, 0.4) is 0 Å². The van der Waals surface area contributed by atoms with E-state index in [2.05, 4.69) is 10.2 Å². The smallest absolute Gasteiger partial charge is 0.180 e. The molecule has 1 aliphatic rings. The van der Waals surface area contributed by atoms with E-state index in [9.17, 15) is 8.42 Å². The molecule has 0 saturated carbocycles. The van der Waals surface area contributed by atoms with E-state index in [4.69, 9.17) is 15.2 Å². The van der Waals surface area contributed by atoms with Gasteiger partial charge in [0.25, 0.3) is 0 Å². The van der Waals surface area contributed by atoms with Crippen LogP contribution in [0.15, 0.2) is 23.1 Å². The van der Waals surface area contributed by atoms with Crippen molar-refractivity contribution in [2.45, 2.75) is 4.90 Å². The number of nitrogen functional groups attached to an aromatic ring is 1. The summed E-state index contributed by atoms with van der Waals surface area (Å²) in [7, 11) is -3.51. The molecule has 2 heterocycles. The van der Waals surface area contributed by atoms with Gasteiger partial charge in [0.15, 0.2) is 21.3 Å². The maximum atomic E-state index is 12.1. The van der Waals surface area contributed by atoms with Crippen molar-refractivity contribution in [3.8, 4) is 22.8 Å². The quantitative estimate of drug-likeness (QED) is 0.850. The minimum absolute atomic E-state index is 0.0818. The van der Waals surface area contributed by atoms with Crippen molar-refractivity contribution in [1.82, 2.24) is 10.2 Å². The SMILES string of the molecule is CS(=O)(=O)c1c(-c2cc(N)n[nH]2)ccc2c1OCCO2. The van der Waals surface area contributed by atoms with Gasteiger partial charge in [-0.1, -0.05) is 0 Å². The molecule has 7 nitrogen and oxygen atoms in total. The number of fused-ring (bicyclic) bond motifs is 1. The number of ether oxygens (including phenoxy) is 2. The van der Waals surface area contributed by atoms with Gasteiger partial charge in [-0.3, -0.25) is 5.10 Å². The monoisotopic (exact) mass is 295 g/mol. The lowest BCUT2D eigenvalue weighted by atomic mass is 10.1. The molecule has 3 N–H and O–H groups in total. The molecule has 20 heavy (non-hydrogen) atoms. The molecule has 0 unspecified atom stereocenters. The fraction of sp³-hybridized carbons (Fsp3) is 0.250. The Morgan fingerprint density at radius 3 is 2.70 bits per heavy atom. The molecule has 0 saturated heterocycles. The number of rotatable bonds is 2. The Hall–Kier alpha value is -2.22. The Balaban J connectivity index is 2.30. The zero-order valence-corrected chi connectivity index (χ0v) is 11.5. The Labute approximate surface area is 115 Å². The van der Waals surface area contributed by atoms with Crippen molar-refractivity contribution in [2.75, 3.05) is 25.2 Å². The Morgan fingerprint density at radius 1 is 1.30 bits per heavy atom. The van der Waals surface area contributed by atoms with E-state index in [1.165, 1.54) is 0 Å². The van der Waals surface area contributed by atoms with Crippen LogP contribution in [0.4, 0.5) is 5.82 Å². The van der Waals surface area contributed by atoms with Crippen LogP contribution in [0.5, 0.6) is 11.5 Å². The molecule has 0 fully saturated rings. The van der Waals surface area contributed by atoms with E-state index >= 15 is 0 Å². The van der Waals surface area contributed by atoms with Gasteiger partial charge in [-0.2, -0.15) is 5.10 Å². The van der Waals surface area contributed by atoms with Gasteiger partial charge in [-0.05, 0) is 12.1 Å². The first kappa shape index (κ1) is 12.8. The summed E-state index contributed by atoms with van der Waals surface area (Å²) in [5.41, 5.74) is 6.54. The summed E-state index contributed by atoms with van der Waals surface area (Å²) in [6.45, 7) is 0.705. The normalized spacial score (nSPS) is 14.2. The summed E-state index contributed by atoms with van der Waals surface area (Å²) in [4.78, 5) is 0.0818. The predicted octanol–water partition coefficient (Wildman–Crippen LogP) is 0.834. The van der Waals surface area contributed by atoms with Crippen LogP contribution < -0.4 is 15.2 Å². The number of aromatic nitrogens is 2. The lowest BCUT2D eigenvalue weighted by molar-refractivity contribution is 0.167. The second kappa shape index (κ2) is 4.41. The summed E-state index contributed by atoms with van der Waals surface area (Å²) in [6, 6.07) is 4.90. The van der Waals surface area contributed by atoms with E-state index in [1.807, 2.05) is 0 Å². The summed E-state index contributed by atoms with van der Waals surface area (Å²) in [5.74, 6) is 0.951. The minimum Gasteiger partial charge on any atom is -0.486 e. The van der Waals surface area contributed by atoms with Gasteiger partial charge in [-0.15, -0.1) is 0 Å². The zero-order chi connectivity index (χ0) is 14.3. The van der Waals surface area contributed by atoms with Crippen LogP contribution >= 0.6 is 0 Å². The highest BCUT2D eigenvalue weighted by Crippen LogP contribution is 2.42. The average molecular weight is 295 g/mol. The van der Waals surface area contributed by atoms with Crippen molar-refractivity contribution in [1.29, 1.82) is 0 Å². The molecule has 2 aromatic rings. The van der Waals surface area contributed by atoms with E-state index in [1.54, 1.807) is 18.2 Å². The van der Waals surface area contributed by atoms with E-state index in [0.717, 1.165) is 6.26 Å². The molecule has 1 aromatic carbocycles. The molecule has 0 spiro atoms. The van der Waals surface area contributed by atoms with Crippen LogP contribution in [0.25, 0.3) is 11.3 Å². The average Bonchev–Trinajstić information content (AvgIpc) is 2.83. The maximum absolute atomic E-state index is 12.1. The first-order valence-corrected chi connectivity index (χ1v) is 7.80. The first-order valence-electron chi connectivity index (χ1n) is 5.91. The second-order valence-electron chi connectivity index (χ2n) is 4.45. The fourth-order valence-electron chi connectivity index (χ4n) is 2.15. The Morgan fingerprint density at radius 2 is 2.05 bits per heavy atom. The molecule has 0 atom stereocenters. The molecule has 0 bridgehead atoms. The van der Waals surface area contributed by atoms with Gasteiger partial charge in [0.2, 0.25) is 0 Å². The number of anilines is 1. The van der Waals surface area contributed by atoms with Crippen molar-refractivity contribution in [3.05, 3.63) is 18.2 Å². The topological polar surface area (TPSA) is 107 Å². The van der Waals surface area contributed by atoms with E-state index in [0.29, 0.717) is 30.2 Å². The lowest BCUT2D eigenvalue weighted by Gasteiger charge is -2.22. The summed E-state index contributed by atoms with van der Waals surface area (Å²) in [5, 5.41) is 6.52. The number of nitrogens with zero attached hydrogens (tertiary/aromatic N) is 1. The van der Waals surface area contributed by atoms with Crippen molar-refractivity contribution in [2.24, 2.45) is 0 Å². The highest BCUT2D eigenvalue weighted by Gasteiger charge is 2.27. The summed E-state index contributed by atoms with van der Waals surface area (Å²) in [6.07, 6.45) is 1.13. The molecule has 106 valence electrons. The van der Waals surface area contributed by atoms with Gasteiger partial charge < -0.3 is 15.2 Å². The number of H-pyrrole nitrogens is 1. The largest absolute Gasteiger partial charge is 0.486 e. The minimum atomic E-state index is -3.51. The Bertz CT molecular complexity index is 767. The lowest BCUT2D eigenvalue weighted by Crippen LogP contribution is -2.18. The molecule has 0 aliphatic carbocycles. The molecule has 0 amide bonds. The standard InChI is InChI=1S/C12H13N3O4S/c1-20(16,17)12-7(8-6-10(13)15-14-8)2-3-9-11(12)19-5-4-18-9/h2-3,6H,4-5H2,1H3,(H3,13,14,15). The van der Waals surface area contributed by atoms with Crippen LogP contribution in [0.2, 0.25) is 0 Å². The van der Waals surface area contributed by atoms with Crippen LogP contribution in [-0.4, -0.2) is 38.1 Å². The van der Waals surface area contributed by atoms with Crippen molar-refractivity contribution in [3.63, 3.8) is 0 Å². The molecule has 3 rings (SSSR count). The molecule has 8 heteroatoms. The summed E-state index contributed by atoms with van der Waals surface area (Å²) < 4.78 is 35.1. The molecular formula is C12H13N3O4S. The van der Waals surface area contributed by atoms with E-state index < -0.39 is 9.84 Å². The fourth-order valence-corrected chi connectivity index (χ4v) is 3.22. The second-order valence-corrected chi connectivity index (χ2v) is 6.40. The number of sulfone groups is 1. The van der Waals surface area contributed by atoms with Crippen LogP contribution in [0.1, 0.15) is 0 Å². The van der Waals surface area contributed by atoms with Gasteiger partial charge in [0, 0.05) is 17.9 Å². The highest BCUT2D eigenvalue weighted by molar-refractivity contribution is 7.91. The molecule has 1 aromatic heterocycles. The number of aromatic amines is 1. The number of nitrogens with two attached hydrogens (primary N) is 1. The molecule has 1 aliphatic heterocycles. The number of hydrogen-bond acceptors (Lipinski definition) is 6. The number of hydrogen-bond donors (Lipinski definition) is 2. The molecule has 0 radical (unpaired) electrons. The highest BCUT2D eigenvalue weighted by atomic mass is 32.2.